The van der Waals surface area contributed by atoms with Crippen molar-refractivity contribution in [2.75, 3.05) is 19.6 Å². The Labute approximate surface area is 230 Å². The Morgan fingerprint density at radius 1 is 1.08 bits per heavy atom. The number of carbonyl (C=O) groups excluding carboxylic acids is 1. The number of carbonyl (C=O) groups is 1. The zero-order chi connectivity index (χ0) is 27.6. The van der Waals surface area contributed by atoms with Gasteiger partial charge in [0.25, 0.3) is 5.91 Å². The highest BCUT2D eigenvalue weighted by molar-refractivity contribution is 6.32. The lowest BCUT2D eigenvalue weighted by atomic mass is 9.99. The van der Waals surface area contributed by atoms with E-state index in [-0.39, 0.29) is 24.9 Å². The predicted molar refractivity (Wildman–Crippen MR) is 145 cm³/mol. The van der Waals surface area contributed by atoms with Crippen LogP contribution >= 0.6 is 11.6 Å². The summed E-state index contributed by atoms with van der Waals surface area (Å²) in [5.41, 5.74) is 1.04. The number of nitrogens with zero attached hydrogens (tertiary/aromatic N) is 1. The van der Waals surface area contributed by atoms with Crippen LogP contribution in [0.15, 0.2) is 54.6 Å². The van der Waals surface area contributed by atoms with Crippen LogP contribution in [0.25, 0.3) is 10.8 Å². The molecule has 3 aromatic rings. The number of halogens is 4. The molecule has 5 nitrogen and oxygen atoms in total. The van der Waals surface area contributed by atoms with Gasteiger partial charge in [-0.2, -0.15) is 8.78 Å². The number of benzene rings is 3. The number of nitrogens with one attached hydrogen (secondary N) is 1. The maximum absolute atomic E-state index is 15.1. The Morgan fingerprint density at radius 3 is 2.51 bits per heavy atom. The third-order valence-electron chi connectivity index (χ3n) is 7.39. The van der Waals surface area contributed by atoms with Crippen molar-refractivity contribution in [1.29, 1.82) is 0 Å². The zero-order valence-electron chi connectivity index (χ0n) is 21.5. The molecular formula is C30H32ClF3N2O3. The zero-order valence-corrected chi connectivity index (χ0v) is 22.3. The van der Waals surface area contributed by atoms with Crippen molar-refractivity contribution in [3.63, 3.8) is 0 Å². The molecule has 2 unspecified atom stereocenters. The van der Waals surface area contributed by atoms with E-state index in [2.05, 4.69) is 10.2 Å². The SMILES string of the molecule is O=C(NC(CN1CCCC1)C(O)c1ccc(OC2CC2)c(Cl)c1)C(F)(F)CCc1ccc2cc(F)ccc2c1. The van der Waals surface area contributed by atoms with Crippen LogP contribution in [0.2, 0.25) is 5.02 Å². The molecule has 2 N–H and O–H groups in total. The largest absolute Gasteiger partial charge is 0.489 e. The van der Waals surface area contributed by atoms with Gasteiger partial charge in [-0.3, -0.25) is 4.79 Å². The summed E-state index contributed by atoms with van der Waals surface area (Å²) >= 11 is 6.37. The quantitative estimate of drug-likeness (QED) is 0.299. The van der Waals surface area contributed by atoms with Gasteiger partial charge in [0.1, 0.15) is 17.7 Å². The Hall–Kier alpha value is -2.81. The van der Waals surface area contributed by atoms with Crippen molar-refractivity contribution in [3.8, 4) is 5.75 Å². The molecule has 39 heavy (non-hydrogen) atoms. The lowest BCUT2D eigenvalue weighted by Gasteiger charge is -2.30. The van der Waals surface area contributed by atoms with Crippen LogP contribution in [-0.4, -0.2) is 53.6 Å². The summed E-state index contributed by atoms with van der Waals surface area (Å²) in [6.07, 6.45) is 2.08. The monoisotopic (exact) mass is 560 g/mol. The smallest absolute Gasteiger partial charge is 0.324 e. The van der Waals surface area contributed by atoms with Gasteiger partial charge in [-0.15, -0.1) is 0 Å². The second kappa shape index (κ2) is 11.7. The molecule has 0 aromatic heterocycles. The van der Waals surface area contributed by atoms with Crippen LogP contribution in [0.4, 0.5) is 13.2 Å². The molecule has 2 atom stereocenters. The van der Waals surface area contributed by atoms with Gasteiger partial charge in [0.2, 0.25) is 0 Å². The first-order valence-corrected chi connectivity index (χ1v) is 13.8. The van der Waals surface area contributed by atoms with E-state index in [9.17, 15) is 14.3 Å². The molecule has 0 bridgehead atoms. The molecule has 208 valence electrons. The van der Waals surface area contributed by atoms with Crippen LogP contribution in [0.1, 0.15) is 49.3 Å². The number of hydrogen-bond donors (Lipinski definition) is 2. The first-order chi connectivity index (χ1) is 18.7. The number of fused-ring (bicyclic) bond motifs is 1. The minimum absolute atomic E-state index is 0.0366. The predicted octanol–water partition coefficient (Wildman–Crippen LogP) is 6.06. The molecule has 2 fully saturated rings. The van der Waals surface area contributed by atoms with Crippen LogP contribution in [0, 0.1) is 5.82 Å². The maximum atomic E-state index is 15.1. The summed E-state index contributed by atoms with van der Waals surface area (Å²) in [6.45, 7) is 1.79. The Morgan fingerprint density at radius 2 is 1.79 bits per heavy atom. The van der Waals surface area contributed by atoms with Crippen LogP contribution in [-0.2, 0) is 11.2 Å². The van der Waals surface area contributed by atoms with Gasteiger partial charge in [-0.25, -0.2) is 4.39 Å². The third kappa shape index (κ3) is 7.04. The average Bonchev–Trinajstić information content (AvgIpc) is 3.59. The molecule has 2 aliphatic rings. The molecule has 5 rings (SSSR count). The van der Waals surface area contributed by atoms with E-state index in [4.69, 9.17) is 16.3 Å². The Bertz CT molecular complexity index is 1330. The van der Waals surface area contributed by atoms with Gasteiger partial charge in [-0.05, 0) is 91.4 Å². The van der Waals surface area contributed by atoms with E-state index in [1.54, 1.807) is 42.5 Å². The molecular weight excluding hydrogens is 529 g/mol. The minimum atomic E-state index is -3.65. The van der Waals surface area contributed by atoms with Gasteiger partial charge in [0.05, 0.1) is 17.2 Å². The second-order valence-electron chi connectivity index (χ2n) is 10.6. The lowest BCUT2D eigenvalue weighted by Crippen LogP contribution is -2.51. The van der Waals surface area contributed by atoms with E-state index >= 15 is 8.78 Å². The number of likely N-dealkylation sites (tertiary alicyclic amines) is 1. The molecule has 3 aromatic carbocycles. The highest BCUT2D eigenvalue weighted by Crippen LogP contribution is 2.34. The summed E-state index contributed by atoms with van der Waals surface area (Å²) in [4.78, 5) is 14.9. The molecule has 0 radical (unpaired) electrons. The number of aliphatic hydroxyl groups excluding tert-OH is 1. The van der Waals surface area contributed by atoms with Crippen molar-refractivity contribution in [1.82, 2.24) is 10.2 Å². The van der Waals surface area contributed by atoms with Crippen molar-refractivity contribution in [3.05, 3.63) is 76.6 Å². The summed E-state index contributed by atoms with van der Waals surface area (Å²) in [7, 11) is 0. The van der Waals surface area contributed by atoms with Crippen molar-refractivity contribution in [2.24, 2.45) is 0 Å². The minimum Gasteiger partial charge on any atom is -0.489 e. The summed E-state index contributed by atoms with van der Waals surface area (Å²) < 4.78 is 49.3. The first kappa shape index (κ1) is 27.7. The normalized spacial score (nSPS) is 17.8. The van der Waals surface area contributed by atoms with Crippen LogP contribution in [0.5, 0.6) is 5.75 Å². The van der Waals surface area contributed by atoms with Gasteiger partial charge >= 0.3 is 5.92 Å². The first-order valence-electron chi connectivity index (χ1n) is 13.4. The second-order valence-corrected chi connectivity index (χ2v) is 11.0. The van der Waals surface area contributed by atoms with Gasteiger partial charge in [0.15, 0.2) is 0 Å². The van der Waals surface area contributed by atoms with Crippen molar-refractivity contribution >= 4 is 28.3 Å². The summed E-state index contributed by atoms with van der Waals surface area (Å²) in [5, 5.41) is 15.4. The molecule has 1 saturated carbocycles. The Kier molecular flexibility index (Phi) is 8.35. The summed E-state index contributed by atoms with van der Waals surface area (Å²) in [6, 6.07) is 13.3. The highest BCUT2D eigenvalue weighted by atomic mass is 35.5. The number of alkyl halides is 2. The Balaban J connectivity index is 1.26. The average molecular weight is 561 g/mol. The van der Waals surface area contributed by atoms with Crippen LogP contribution in [0.3, 0.4) is 0 Å². The van der Waals surface area contributed by atoms with E-state index < -0.39 is 30.4 Å². The fourth-order valence-electron chi connectivity index (χ4n) is 4.97. The fraction of sp³-hybridized carbons (Fsp3) is 0.433. The fourth-order valence-corrected chi connectivity index (χ4v) is 5.21. The molecule has 1 aliphatic carbocycles. The van der Waals surface area contributed by atoms with Crippen molar-refractivity contribution < 1.29 is 27.8 Å². The molecule has 1 aliphatic heterocycles. The van der Waals surface area contributed by atoms with Crippen LogP contribution < -0.4 is 10.1 Å². The number of hydrogen-bond acceptors (Lipinski definition) is 4. The maximum Gasteiger partial charge on any atom is 0.324 e. The molecule has 9 heteroatoms. The van der Waals surface area contributed by atoms with E-state index in [0.717, 1.165) is 44.2 Å². The molecule has 0 spiro atoms. The number of aryl methyl sites for hydroxylation is 1. The van der Waals surface area contributed by atoms with Gasteiger partial charge in [0, 0.05) is 13.0 Å². The highest BCUT2D eigenvalue weighted by Gasteiger charge is 2.41. The molecule has 1 heterocycles. The van der Waals surface area contributed by atoms with Gasteiger partial charge in [-0.1, -0.05) is 41.9 Å². The standard InChI is InChI=1S/C30H32ClF3N2O3/c31-25-17-22(6-10-27(25)39-24-8-9-24)28(37)26(18-36-13-1-2-14-36)35-29(38)30(33,34)12-11-19-3-4-21-16-23(32)7-5-20(21)15-19/h3-7,10,15-17,24,26,28,37H,1-2,8-9,11-14,18H2,(H,35,38). The topological polar surface area (TPSA) is 61.8 Å². The van der Waals surface area contributed by atoms with E-state index in [0.29, 0.717) is 27.3 Å². The number of amides is 1. The number of aliphatic hydroxyl groups is 1. The lowest BCUT2D eigenvalue weighted by molar-refractivity contribution is -0.148. The molecule has 1 saturated heterocycles. The van der Waals surface area contributed by atoms with Crippen molar-refractivity contribution in [2.45, 2.75) is 62.7 Å². The number of ether oxygens (including phenoxy) is 1. The van der Waals surface area contributed by atoms with E-state index in [1.165, 1.54) is 12.1 Å². The third-order valence-corrected chi connectivity index (χ3v) is 7.69. The number of rotatable bonds is 11. The van der Waals surface area contributed by atoms with E-state index in [1.807, 2.05) is 0 Å². The molecule has 1 amide bonds. The van der Waals surface area contributed by atoms with Gasteiger partial charge < -0.3 is 20.1 Å². The summed E-state index contributed by atoms with van der Waals surface area (Å²) in [5.74, 6) is -4.93.